The first kappa shape index (κ1) is 23.0. The molecule has 0 saturated heterocycles. The van der Waals surface area contributed by atoms with Crippen molar-refractivity contribution >= 4 is 17.8 Å². The van der Waals surface area contributed by atoms with Gasteiger partial charge in [-0.2, -0.15) is 15.0 Å². The second-order valence-electron chi connectivity index (χ2n) is 7.91. The fourth-order valence-corrected chi connectivity index (χ4v) is 3.91. The van der Waals surface area contributed by atoms with Crippen molar-refractivity contribution in [1.82, 2.24) is 19.9 Å². The van der Waals surface area contributed by atoms with Gasteiger partial charge in [0.05, 0.1) is 32.6 Å². The zero-order valence-corrected chi connectivity index (χ0v) is 18.7. The van der Waals surface area contributed by atoms with E-state index in [0.717, 1.165) is 11.1 Å². The van der Waals surface area contributed by atoms with Gasteiger partial charge in [0, 0.05) is 17.5 Å². The Kier molecular flexibility index (Phi) is 6.86. The van der Waals surface area contributed by atoms with Crippen molar-refractivity contribution in [2.24, 2.45) is 5.73 Å². The standard InChI is InChI=1S/C24H25N5O5/c1-33-22(30)10-9-20(23(25)31)28-14-19-18(24(28)32)3-2-4-21(19)34-15-17-7-5-16(6-8-17)13-29-26-11-12-27-29/h2-8,11-12,20H,9-10,13-15H2,1H3,(H2,25,31). The number of hydrogen-bond acceptors (Lipinski definition) is 7. The van der Waals surface area contributed by atoms with E-state index in [-0.39, 0.29) is 25.3 Å². The first-order chi connectivity index (χ1) is 16.5. The fraction of sp³-hybridized carbons (Fsp3) is 0.292. The molecule has 1 aliphatic rings. The van der Waals surface area contributed by atoms with Crippen LogP contribution < -0.4 is 10.5 Å². The molecule has 3 aromatic rings. The summed E-state index contributed by atoms with van der Waals surface area (Å²) >= 11 is 0. The highest BCUT2D eigenvalue weighted by atomic mass is 16.5. The summed E-state index contributed by atoms with van der Waals surface area (Å²) in [4.78, 5) is 39.5. The van der Waals surface area contributed by atoms with Crippen molar-refractivity contribution in [3.63, 3.8) is 0 Å². The molecule has 1 aromatic heterocycles. The van der Waals surface area contributed by atoms with Crippen LogP contribution in [0.5, 0.6) is 5.75 Å². The number of nitrogens with zero attached hydrogens (tertiary/aromatic N) is 4. The number of carbonyl (C=O) groups excluding carboxylic acids is 3. The van der Waals surface area contributed by atoms with E-state index in [1.807, 2.05) is 24.3 Å². The van der Waals surface area contributed by atoms with Gasteiger partial charge in [-0.25, -0.2) is 0 Å². The molecule has 1 unspecified atom stereocenters. The summed E-state index contributed by atoms with van der Waals surface area (Å²) in [6.45, 7) is 1.07. The van der Waals surface area contributed by atoms with Gasteiger partial charge >= 0.3 is 5.97 Å². The first-order valence-electron chi connectivity index (χ1n) is 10.8. The highest BCUT2D eigenvalue weighted by Crippen LogP contribution is 2.33. The number of hydrogen-bond donors (Lipinski definition) is 1. The molecule has 2 heterocycles. The lowest BCUT2D eigenvalue weighted by molar-refractivity contribution is -0.141. The molecule has 0 fully saturated rings. The van der Waals surface area contributed by atoms with Crippen LogP contribution in [0.25, 0.3) is 0 Å². The van der Waals surface area contributed by atoms with Crippen LogP contribution in [0.15, 0.2) is 54.9 Å². The number of methoxy groups -OCH3 is 1. The molecule has 0 radical (unpaired) electrons. The maximum absolute atomic E-state index is 13.0. The van der Waals surface area contributed by atoms with Crippen molar-refractivity contribution in [2.75, 3.05) is 7.11 Å². The lowest BCUT2D eigenvalue weighted by Gasteiger charge is -2.24. The van der Waals surface area contributed by atoms with Crippen LogP contribution in [-0.4, -0.2) is 50.8 Å². The summed E-state index contributed by atoms with van der Waals surface area (Å²) in [6, 6.07) is 12.2. The van der Waals surface area contributed by atoms with Gasteiger partial charge < -0.3 is 20.1 Å². The molecule has 1 atom stereocenters. The van der Waals surface area contributed by atoms with Crippen LogP contribution >= 0.6 is 0 Å². The van der Waals surface area contributed by atoms with Crippen molar-refractivity contribution in [3.05, 3.63) is 77.1 Å². The van der Waals surface area contributed by atoms with Gasteiger partial charge in [0.2, 0.25) is 5.91 Å². The van der Waals surface area contributed by atoms with E-state index in [9.17, 15) is 14.4 Å². The zero-order chi connectivity index (χ0) is 24.1. The van der Waals surface area contributed by atoms with E-state index in [0.29, 0.717) is 30.0 Å². The molecule has 0 spiro atoms. The van der Waals surface area contributed by atoms with Gasteiger partial charge in [0.1, 0.15) is 18.4 Å². The highest BCUT2D eigenvalue weighted by Gasteiger charge is 2.37. The smallest absolute Gasteiger partial charge is 0.305 e. The number of fused-ring (bicyclic) bond motifs is 1. The Morgan fingerprint density at radius 2 is 1.79 bits per heavy atom. The van der Waals surface area contributed by atoms with Crippen molar-refractivity contribution in [1.29, 1.82) is 0 Å². The second-order valence-corrected chi connectivity index (χ2v) is 7.91. The normalized spacial score (nSPS) is 13.4. The predicted octanol–water partition coefficient (Wildman–Crippen LogP) is 1.67. The number of carbonyl (C=O) groups is 3. The minimum atomic E-state index is -0.913. The Labute approximate surface area is 196 Å². The Morgan fingerprint density at radius 1 is 1.09 bits per heavy atom. The number of esters is 1. The summed E-state index contributed by atoms with van der Waals surface area (Å²) in [7, 11) is 1.27. The topological polar surface area (TPSA) is 130 Å². The van der Waals surface area contributed by atoms with Crippen LogP contribution in [0.2, 0.25) is 0 Å². The van der Waals surface area contributed by atoms with Gasteiger partial charge in [0.25, 0.3) is 5.91 Å². The highest BCUT2D eigenvalue weighted by molar-refractivity contribution is 6.01. The molecule has 34 heavy (non-hydrogen) atoms. The van der Waals surface area contributed by atoms with Crippen molar-refractivity contribution in [3.8, 4) is 5.75 Å². The van der Waals surface area contributed by atoms with Crippen molar-refractivity contribution < 1.29 is 23.9 Å². The van der Waals surface area contributed by atoms with E-state index in [2.05, 4.69) is 14.9 Å². The summed E-state index contributed by atoms with van der Waals surface area (Å²) in [5.41, 5.74) is 8.72. The van der Waals surface area contributed by atoms with E-state index in [1.165, 1.54) is 12.0 Å². The third-order valence-corrected chi connectivity index (χ3v) is 5.71. The molecular formula is C24H25N5O5. The summed E-state index contributed by atoms with van der Waals surface area (Å²) in [5.74, 6) is -0.885. The van der Waals surface area contributed by atoms with Crippen LogP contribution in [0, 0.1) is 0 Å². The molecule has 2 amide bonds. The van der Waals surface area contributed by atoms with E-state index in [4.69, 9.17) is 10.5 Å². The average molecular weight is 463 g/mol. The molecule has 0 saturated carbocycles. The monoisotopic (exact) mass is 463 g/mol. The van der Waals surface area contributed by atoms with Gasteiger partial charge in [-0.1, -0.05) is 30.3 Å². The number of rotatable bonds is 10. The number of amides is 2. The molecule has 1 aliphatic heterocycles. The predicted molar refractivity (Wildman–Crippen MR) is 120 cm³/mol. The molecule has 0 bridgehead atoms. The summed E-state index contributed by atoms with van der Waals surface area (Å²) in [5, 5.41) is 8.20. The SMILES string of the molecule is COC(=O)CCC(C(N)=O)N1Cc2c(OCc3ccc(Cn4nccn4)cc3)cccc2C1=O. The number of benzene rings is 2. The molecule has 2 N–H and O–H groups in total. The fourth-order valence-electron chi connectivity index (χ4n) is 3.91. The molecule has 4 rings (SSSR count). The summed E-state index contributed by atoms with van der Waals surface area (Å²) in [6.07, 6.45) is 3.35. The Morgan fingerprint density at radius 3 is 2.47 bits per heavy atom. The number of ether oxygens (including phenoxy) is 2. The van der Waals surface area contributed by atoms with Crippen LogP contribution in [0.4, 0.5) is 0 Å². The molecular weight excluding hydrogens is 438 g/mol. The van der Waals surface area contributed by atoms with Crippen LogP contribution in [-0.2, 0) is 34.0 Å². The maximum atomic E-state index is 13.0. The lowest BCUT2D eigenvalue weighted by atomic mass is 10.1. The number of aromatic nitrogens is 3. The zero-order valence-electron chi connectivity index (χ0n) is 18.7. The van der Waals surface area contributed by atoms with Crippen LogP contribution in [0.3, 0.4) is 0 Å². The Bertz CT molecular complexity index is 1180. The summed E-state index contributed by atoms with van der Waals surface area (Å²) < 4.78 is 10.7. The molecule has 0 aliphatic carbocycles. The van der Waals surface area contributed by atoms with Gasteiger partial charge in [0.15, 0.2) is 0 Å². The van der Waals surface area contributed by atoms with Gasteiger partial charge in [-0.05, 0) is 29.7 Å². The third-order valence-electron chi connectivity index (χ3n) is 5.71. The number of nitrogens with two attached hydrogens (primary N) is 1. The van der Waals surface area contributed by atoms with E-state index in [1.54, 1.807) is 35.4 Å². The Hall–Kier alpha value is -4.21. The third kappa shape index (κ3) is 5.06. The average Bonchev–Trinajstić information content (AvgIpc) is 3.47. The quantitative estimate of drug-likeness (QED) is 0.453. The van der Waals surface area contributed by atoms with E-state index < -0.39 is 17.9 Å². The van der Waals surface area contributed by atoms with Gasteiger partial charge in [-0.15, -0.1) is 0 Å². The second kappa shape index (κ2) is 10.2. The first-order valence-corrected chi connectivity index (χ1v) is 10.8. The minimum absolute atomic E-state index is 0.0138. The largest absolute Gasteiger partial charge is 0.489 e. The molecule has 10 nitrogen and oxygen atoms in total. The molecule has 176 valence electrons. The minimum Gasteiger partial charge on any atom is -0.489 e. The lowest BCUT2D eigenvalue weighted by Crippen LogP contribution is -2.45. The van der Waals surface area contributed by atoms with Crippen LogP contribution in [0.1, 0.15) is 39.9 Å². The Balaban J connectivity index is 1.43. The van der Waals surface area contributed by atoms with Crippen molar-refractivity contribution in [2.45, 2.75) is 38.6 Å². The molecule has 2 aromatic carbocycles. The number of primary amides is 1. The maximum Gasteiger partial charge on any atom is 0.305 e. The van der Waals surface area contributed by atoms with E-state index >= 15 is 0 Å². The van der Waals surface area contributed by atoms with Gasteiger partial charge in [-0.3, -0.25) is 14.4 Å². The molecule has 10 heteroatoms.